The largest absolute Gasteiger partial charge is 0.423 e. The van der Waals surface area contributed by atoms with Gasteiger partial charge in [0.05, 0.1) is 6.61 Å². The van der Waals surface area contributed by atoms with Gasteiger partial charge in [0, 0.05) is 18.8 Å². The molecule has 1 rings (SSSR count). The van der Waals surface area contributed by atoms with Crippen molar-refractivity contribution in [3.8, 4) is 0 Å². The predicted octanol–water partition coefficient (Wildman–Crippen LogP) is -0.798. The van der Waals surface area contributed by atoms with Gasteiger partial charge in [-0.25, -0.2) is 4.98 Å². The van der Waals surface area contributed by atoms with Crippen LogP contribution in [0.15, 0.2) is 17.3 Å². The fourth-order valence-electron chi connectivity index (χ4n) is 0.940. The highest BCUT2D eigenvalue weighted by Gasteiger charge is 1.96. The Morgan fingerprint density at radius 1 is 1.75 bits per heavy atom. The van der Waals surface area contributed by atoms with Gasteiger partial charge in [-0.2, -0.15) is 0 Å². The first kappa shape index (κ1) is 11.8. The van der Waals surface area contributed by atoms with Gasteiger partial charge in [-0.1, -0.05) is 0 Å². The summed E-state index contributed by atoms with van der Waals surface area (Å²) in [5.74, 6) is -0.0807. The molecule has 0 aromatic carbocycles. The lowest BCUT2D eigenvalue weighted by Crippen LogP contribution is -2.22. The Bertz CT molecular complexity index is 429. The maximum Gasteiger partial charge on any atom is 0.294 e. The minimum absolute atomic E-state index is 0.0392. The maximum atomic E-state index is 9.82. The van der Waals surface area contributed by atoms with Crippen LogP contribution in [0, 0.1) is 10.1 Å². The Balaban J connectivity index is 2.51. The molecule has 0 aliphatic heterocycles. The van der Waals surface area contributed by atoms with E-state index in [1.807, 2.05) is 0 Å². The fraction of sp³-hybridized carbons (Fsp3) is 0.429. The maximum absolute atomic E-state index is 9.82. The normalized spacial score (nSPS) is 11.4. The van der Waals surface area contributed by atoms with Crippen LogP contribution in [0.3, 0.4) is 0 Å². The molecule has 0 unspecified atom stereocenters. The molecule has 0 fully saturated rings. The SMILES string of the molecule is Nc1nccc(=NCCCO[N+](=O)[O-])n1O. The smallest absolute Gasteiger partial charge is 0.294 e. The summed E-state index contributed by atoms with van der Waals surface area (Å²) in [6.45, 7) is 0.236. The molecule has 16 heavy (non-hydrogen) atoms. The Kier molecular flexibility index (Phi) is 4.07. The lowest BCUT2D eigenvalue weighted by molar-refractivity contribution is -0.757. The van der Waals surface area contributed by atoms with Crippen LogP contribution >= 0.6 is 0 Å². The van der Waals surface area contributed by atoms with Gasteiger partial charge >= 0.3 is 0 Å². The number of hydrogen-bond acceptors (Lipinski definition) is 7. The fourth-order valence-corrected chi connectivity index (χ4v) is 0.940. The Hall–Kier alpha value is -2.32. The van der Waals surface area contributed by atoms with E-state index in [1.165, 1.54) is 12.3 Å². The summed E-state index contributed by atoms with van der Waals surface area (Å²) >= 11 is 0. The molecule has 0 saturated heterocycles. The van der Waals surface area contributed by atoms with Gasteiger partial charge in [0.2, 0.25) is 5.95 Å². The van der Waals surface area contributed by atoms with Crippen molar-refractivity contribution in [2.45, 2.75) is 6.42 Å². The molecule has 0 saturated carbocycles. The lowest BCUT2D eigenvalue weighted by atomic mass is 10.5. The van der Waals surface area contributed by atoms with Crippen molar-refractivity contribution < 1.29 is 15.1 Å². The van der Waals surface area contributed by atoms with E-state index in [1.54, 1.807) is 0 Å². The van der Waals surface area contributed by atoms with E-state index in [-0.39, 0.29) is 24.6 Å². The summed E-state index contributed by atoms with van der Waals surface area (Å²) in [5.41, 5.74) is 5.55. The van der Waals surface area contributed by atoms with E-state index in [0.29, 0.717) is 11.2 Å². The van der Waals surface area contributed by atoms with Crippen molar-refractivity contribution >= 4 is 5.95 Å². The minimum Gasteiger partial charge on any atom is -0.423 e. The van der Waals surface area contributed by atoms with Crippen molar-refractivity contribution in [2.75, 3.05) is 18.9 Å². The molecule has 3 N–H and O–H groups in total. The van der Waals surface area contributed by atoms with Gasteiger partial charge in [0.1, 0.15) is 0 Å². The average Bonchev–Trinajstić information content (AvgIpc) is 2.23. The number of nitrogen functional groups attached to an aromatic ring is 1. The number of nitrogens with two attached hydrogens (primary N) is 1. The summed E-state index contributed by atoms with van der Waals surface area (Å²) in [7, 11) is 0. The molecule has 88 valence electrons. The third-order valence-corrected chi connectivity index (χ3v) is 1.64. The van der Waals surface area contributed by atoms with E-state index < -0.39 is 5.09 Å². The molecule has 0 aliphatic carbocycles. The van der Waals surface area contributed by atoms with Crippen LogP contribution in [0.2, 0.25) is 0 Å². The zero-order valence-electron chi connectivity index (χ0n) is 8.31. The van der Waals surface area contributed by atoms with Crippen LogP contribution < -0.4 is 11.2 Å². The van der Waals surface area contributed by atoms with Crippen LogP contribution in [0.25, 0.3) is 0 Å². The summed E-state index contributed by atoms with van der Waals surface area (Å²) in [6, 6.07) is 1.46. The second kappa shape index (κ2) is 5.53. The van der Waals surface area contributed by atoms with E-state index in [4.69, 9.17) is 5.73 Å². The number of nitrogens with zero attached hydrogens (tertiary/aromatic N) is 4. The summed E-state index contributed by atoms with van der Waals surface area (Å²) in [5, 5.41) is 18.3. The molecular weight excluding hydrogens is 218 g/mol. The Morgan fingerprint density at radius 3 is 3.19 bits per heavy atom. The number of hydrogen-bond donors (Lipinski definition) is 2. The summed E-state index contributed by atoms with van der Waals surface area (Å²) in [4.78, 5) is 21.5. The standard InChI is InChI=1S/C7H11N5O4/c8-7-10-4-2-6(11(7)13)9-3-1-5-16-12(14)15/h2,4,13H,1,3,5H2,(H2,8,10). The zero-order chi connectivity index (χ0) is 12.0. The highest BCUT2D eigenvalue weighted by Crippen LogP contribution is 1.87. The molecule has 0 radical (unpaired) electrons. The van der Waals surface area contributed by atoms with Gasteiger partial charge in [-0.05, 0) is 6.42 Å². The van der Waals surface area contributed by atoms with Gasteiger partial charge in [0.15, 0.2) is 5.49 Å². The first-order valence-electron chi connectivity index (χ1n) is 4.42. The van der Waals surface area contributed by atoms with Gasteiger partial charge in [0.25, 0.3) is 5.09 Å². The lowest BCUT2D eigenvalue weighted by Gasteiger charge is -2.00. The number of rotatable bonds is 5. The zero-order valence-corrected chi connectivity index (χ0v) is 8.31. The molecule has 0 aliphatic rings. The quantitative estimate of drug-likeness (QED) is 0.294. The summed E-state index contributed by atoms with van der Waals surface area (Å²) in [6.07, 6.45) is 1.76. The molecule has 9 nitrogen and oxygen atoms in total. The second-order valence-electron chi connectivity index (χ2n) is 2.77. The van der Waals surface area contributed by atoms with Gasteiger partial charge in [-0.3, -0.25) is 4.99 Å². The predicted molar refractivity (Wildman–Crippen MR) is 51.8 cm³/mol. The molecule has 0 amide bonds. The van der Waals surface area contributed by atoms with E-state index in [9.17, 15) is 15.3 Å². The first-order valence-corrected chi connectivity index (χ1v) is 4.42. The van der Waals surface area contributed by atoms with Crippen molar-refractivity contribution in [1.82, 2.24) is 9.71 Å². The van der Waals surface area contributed by atoms with Crippen molar-refractivity contribution in [3.63, 3.8) is 0 Å². The van der Waals surface area contributed by atoms with Gasteiger partial charge in [-0.15, -0.1) is 14.8 Å². The Labute approximate surface area is 89.9 Å². The van der Waals surface area contributed by atoms with Crippen LogP contribution in [0.1, 0.15) is 6.42 Å². The van der Waals surface area contributed by atoms with Crippen molar-refractivity contribution in [2.24, 2.45) is 4.99 Å². The third kappa shape index (κ3) is 3.44. The Morgan fingerprint density at radius 2 is 2.50 bits per heavy atom. The van der Waals surface area contributed by atoms with Crippen molar-refractivity contribution in [1.29, 1.82) is 0 Å². The highest BCUT2D eigenvalue weighted by molar-refractivity contribution is 5.13. The molecule has 1 aromatic heterocycles. The summed E-state index contributed by atoms with van der Waals surface area (Å²) < 4.78 is 0.633. The van der Waals surface area contributed by atoms with E-state index in [0.717, 1.165) is 0 Å². The molecule has 0 spiro atoms. The van der Waals surface area contributed by atoms with E-state index >= 15 is 0 Å². The number of aromatic nitrogens is 2. The molecule has 0 bridgehead atoms. The van der Waals surface area contributed by atoms with Crippen LogP contribution in [-0.4, -0.2) is 33.2 Å². The molecular formula is C7H11N5O4. The topological polar surface area (TPSA) is 129 Å². The third-order valence-electron chi connectivity index (χ3n) is 1.64. The molecule has 1 aromatic rings. The van der Waals surface area contributed by atoms with Crippen LogP contribution in [-0.2, 0) is 4.84 Å². The molecule has 1 heterocycles. The first-order chi connectivity index (χ1) is 7.61. The van der Waals surface area contributed by atoms with E-state index in [2.05, 4.69) is 14.8 Å². The monoisotopic (exact) mass is 229 g/mol. The minimum atomic E-state index is -0.864. The van der Waals surface area contributed by atoms with Crippen LogP contribution in [0.4, 0.5) is 5.95 Å². The van der Waals surface area contributed by atoms with Crippen LogP contribution in [0.5, 0.6) is 0 Å². The number of anilines is 1. The highest BCUT2D eigenvalue weighted by atomic mass is 16.9. The average molecular weight is 229 g/mol. The molecule has 0 atom stereocenters. The second-order valence-corrected chi connectivity index (χ2v) is 2.77. The molecule has 9 heteroatoms. The van der Waals surface area contributed by atoms with Crippen molar-refractivity contribution in [3.05, 3.63) is 27.9 Å². The van der Waals surface area contributed by atoms with Gasteiger partial charge < -0.3 is 15.8 Å².